The normalized spacial score (nSPS) is 19.4. The van der Waals surface area contributed by atoms with E-state index in [1.807, 2.05) is 0 Å². The number of benzene rings is 1. The first kappa shape index (κ1) is 16.8. The number of urea groups is 1. The molecule has 0 aliphatic carbocycles. The van der Waals surface area contributed by atoms with Crippen LogP contribution in [0.3, 0.4) is 0 Å². The van der Waals surface area contributed by atoms with Crippen molar-refractivity contribution in [2.45, 2.75) is 12.5 Å². The molecule has 7 nitrogen and oxygen atoms in total. The van der Waals surface area contributed by atoms with Gasteiger partial charge in [0.05, 0.1) is 18.1 Å². The molecule has 1 fully saturated rings. The highest BCUT2D eigenvalue weighted by Gasteiger charge is 2.28. The predicted molar refractivity (Wildman–Crippen MR) is 86.4 cm³/mol. The van der Waals surface area contributed by atoms with Gasteiger partial charge in [0.25, 0.3) is 0 Å². The molecule has 120 valence electrons. The van der Waals surface area contributed by atoms with Gasteiger partial charge in [0.1, 0.15) is 0 Å². The van der Waals surface area contributed by atoms with Gasteiger partial charge in [-0.25, -0.2) is 13.2 Å². The number of hydrogen-bond acceptors (Lipinski definition) is 4. The molecular formula is C13H16BrN3O4S. The molecule has 3 amide bonds. The van der Waals surface area contributed by atoms with E-state index in [0.29, 0.717) is 12.1 Å². The maximum absolute atomic E-state index is 11.7. The molecule has 1 atom stereocenters. The molecule has 2 rings (SSSR count). The molecule has 1 aromatic carbocycles. The molecule has 9 heteroatoms. The lowest BCUT2D eigenvalue weighted by Gasteiger charge is -2.12. The lowest BCUT2D eigenvalue weighted by atomic mass is 10.3. The summed E-state index contributed by atoms with van der Waals surface area (Å²) >= 11 is 3.29. The van der Waals surface area contributed by atoms with Crippen LogP contribution in [0, 0.1) is 0 Å². The zero-order valence-electron chi connectivity index (χ0n) is 11.6. The second-order valence-electron chi connectivity index (χ2n) is 4.98. The van der Waals surface area contributed by atoms with Gasteiger partial charge in [-0.1, -0.05) is 15.9 Å². The minimum atomic E-state index is -3.04. The number of amides is 3. The van der Waals surface area contributed by atoms with Gasteiger partial charge in [-0.2, -0.15) is 0 Å². The molecule has 0 spiro atoms. The van der Waals surface area contributed by atoms with Crippen molar-refractivity contribution in [3.63, 3.8) is 0 Å². The smallest absolute Gasteiger partial charge is 0.315 e. The highest BCUT2D eigenvalue weighted by Crippen LogP contribution is 2.14. The van der Waals surface area contributed by atoms with Crippen LogP contribution in [0.4, 0.5) is 10.5 Å². The number of sulfone groups is 1. The number of halogens is 1. The summed E-state index contributed by atoms with van der Waals surface area (Å²) in [5.74, 6) is -0.329. The van der Waals surface area contributed by atoms with Gasteiger partial charge in [0.15, 0.2) is 9.84 Å². The van der Waals surface area contributed by atoms with E-state index in [1.54, 1.807) is 24.3 Å². The van der Waals surface area contributed by atoms with Crippen LogP contribution in [-0.4, -0.2) is 44.4 Å². The molecule has 1 aromatic rings. The van der Waals surface area contributed by atoms with Crippen molar-refractivity contribution in [1.82, 2.24) is 10.6 Å². The molecule has 0 aromatic heterocycles. The van der Waals surface area contributed by atoms with E-state index >= 15 is 0 Å². The Balaban J connectivity index is 1.72. The maximum atomic E-state index is 11.7. The van der Waals surface area contributed by atoms with Crippen molar-refractivity contribution in [3.8, 4) is 0 Å². The van der Waals surface area contributed by atoms with Crippen molar-refractivity contribution in [2.75, 3.05) is 23.4 Å². The van der Waals surface area contributed by atoms with Crippen molar-refractivity contribution in [2.24, 2.45) is 0 Å². The zero-order chi connectivity index (χ0) is 16.2. The molecular weight excluding hydrogens is 374 g/mol. The van der Waals surface area contributed by atoms with Crippen LogP contribution in [0.5, 0.6) is 0 Å². The van der Waals surface area contributed by atoms with Crippen molar-refractivity contribution >= 4 is 43.4 Å². The summed E-state index contributed by atoms with van der Waals surface area (Å²) < 4.78 is 23.5. The van der Waals surface area contributed by atoms with Gasteiger partial charge in [-0.05, 0) is 30.7 Å². The van der Waals surface area contributed by atoms with Crippen LogP contribution in [-0.2, 0) is 14.6 Å². The van der Waals surface area contributed by atoms with E-state index < -0.39 is 15.9 Å². The Morgan fingerprint density at radius 3 is 2.50 bits per heavy atom. The molecule has 3 N–H and O–H groups in total. The summed E-state index contributed by atoms with van der Waals surface area (Å²) in [4.78, 5) is 23.3. The number of carbonyl (C=O) groups excluding carboxylic acids is 2. The van der Waals surface area contributed by atoms with E-state index in [2.05, 4.69) is 31.9 Å². The van der Waals surface area contributed by atoms with Crippen LogP contribution in [0.15, 0.2) is 28.7 Å². The minimum Gasteiger partial charge on any atom is -0.334 e. The van der Waals surface area contributed by atoms with Gasteiger partial charge in [0, 0.05) is 16.2 Å². The Morgan fingerprint density at radius 2 is 1.91 bits per heavy atom. The Hall–Kier alpha value is -1.61. The summed E-state index contributed by atoms with van der Waals surface area (Å²) in [6, 6.07) is 6.09. The molecule has 22 heavy (non-hydrogen) atoms. The van der Waals surface area contributed by atoms with E-state index in [1.165, 1.54) is 0 Å². The Labute approximate surface area is 136 Å². The van der Waals surface area contributed by atoms with E-state index in [4.69, 9.17) is 0 Å². The second-order valence-corrected chi connectivity index (χ2v) is 8.13. The predicted octanol–water partition coefficient (Wildman–Crippen LogP) is 0.874. The summed E-state index contributed by atoms with van der Waals surface area (Å²) in [5.41, 5.74) is 0.622. The minimum absolute atomic E-state index is 0.0501. The second kappa shape index (κ2) is 7.10. The molecule has 1 aliphatic heterocycles. The van der Waals surface area contributed by atoms with Gasteiger partial charge >= 0.3 is 6.03 Å². The van der Waals surface area contributed by atoms with Gasteiger partial charge in [-0.15, -0.1) is 0 Å². The van der Waals surface area contributed by atoms with Crippen LogP contribution in [0.2, 0.25) is 0 Å². The molecule has 0 saturated carbocycles. The van der Waals surface area contributed by atoms with Crippen LogP contribution in [0.1, 0.15) is 6.42 Å². The molecule has 1 saturated heterocycles. The molecule has 1 aliphatic rings. The zero-order valence-corrected chi connectivity index (χ0v) is 14.0. The number of nitrogens with one attached hydrogen (secondary N) is 3. The Kier molecular flexibility index (Phi) is 5.41. The fourth-order valence-corrected chi connectivity index (χ4v) is 3.98. The number of carbonyl (C=O) groups is 2. The highest BCUT2D eigenvalue weighted by molar-refractivity contribution is 9.10. The van der Waals surface area contributed by atoms with Crippen LogP contribution >= 0.6 is 15.9 Å². The maximum Gasteiger partial charge on any atom is 0.315 e. The Morgan fingerprint density at radius 1 is 1.23 bits per heavy atom. The Bertz CT molecular complexity index is 660. The SMILES string of the molecule is O=C(CNC(=O)N[C@H]1CCS(=O)(=O)C1)Nc1ccc(Br)cc1. The lowest BCUT2D eigenvalue weighted by Crippen LogP contribution is -2.45. The standard InChI is InChI=1S/C13H16BrN3O4S/c14-9-1-3-10(4-2-9)16-12(18)7-15-13(19)17-11-5-6-22(20,21)8-11/h1-4,11H,5-8H2,(H,16,18)(H2,15,17,19)/t11-/m0/s1. The first-order valence-electron chi connectivity index (χ1n) is 6.64. The van der Waals surface area contributed by atoms with Crippen molar-refractivity contribution in [1.29, 1.82) is 0 Å². The summed E-state index contributed by atoms with van der Waals surface area (Å²) in [5, 5.41) is 7.58. The summed E-state index contributed by atoms with van der Waals surface area (Å²) in [6.07, 6.45) is 0.404. The van der Waals surface area contributed by atoms with E-state index in [9.17, 15) is 18.0 Å². The average molecular weight is 390 g/mol. The molecule has 0 bridgehead atoms. The monoisotopic (exact) mass is 389 g/mol. The third-order valence-corrected chi connectivity index (χ3v) is 5.40. The first-order chi connectivity index (χ1) is 10.3. The topological polar surface area (TPSA) is 104 Å². The van der Waals surface area contributed by atoms with Gasteiger partial charge in [0.2, 0.25) is 5.91 Å². The molecule has 1 heterocycles. The van der Waals surface area contributed by atoms with Crippen molar-refractivity contribution in [3.05, 3.63) is 28.7 Å². The number of rotatable bonds is 4. The fourth-order valence-electron chi connectivity index (χ4n) is 2.04. The fraction of sp³-hybridized carbons (Fsp3) is 0.385. The van der Waals surface area contributed by atoms with Gasteiger partial charge < -0.3 is 16.0 Å². The summed E-state index contributed by atoms with van der Waals surface area (Å²) in [7, 11) is -3.04. The number of anilines is 1. The van der Waals surface area contributed by atoms with Crippen molar-refractivity contribution < 1.29 is 18.0 Å². The molecule has 0 radical (unpaired) electrons. The lowest BCUT2D eigenvalue weighted by molar-refractivity contribution is -0.115. The largest absolute Gasteiger partial charge is 0.334 e. The third kappa shape index (κ3) is 5.30. The van der Waals surface area contributed by atoms with Crippen LogP contribution < -0.4 is 16.0 Å². The first-order valence-corrected chi connectivity index (χ1v) is 9.26. The number of hydrogen-bond donors (Lipinski definition) is 3. The third-order valence-electron chi connectivity index (χ3n) is 3.11. The van der Waals surface area contributed by atoms with E-state index in [0.717, 1.165) is 4.47 Å². The van der Waals surface area contributed by atoms with Crippen LogP contribution in [0.25, 0.3) is 0 Å². The quantitative estimate of drug-likeness (QED) is 0.710. The summed E-state index contributed by atoms with van der Waals surface area (Å²) in [6.45, 7) is -0.193. The highest BCUT2D eigenvalue weighted by atomic mass is 79.9. The average Bonchev–Trinajstić information content (AvgIpc) is 2.78. The molecule has 0 unspecified atom stereocenters. The van der Waals surface area contributed by atoms with E-state index in [-0.39, 0.29) is 30.0 Å². The van der Waals surface area contributed by atoms with Gasteiger partial charge in [-0.3, -0.25) is 4.79 Å².